The SMILES string of the molecule is C#CC(=O)N1C(NCCCC)Cc2c([nH]c3ccccc23)C1(C)c1ccc(F)cc1. The standard InChI is InChI=1S/C25H26FN3O/c1-4-6-15-27-22-16-20-19-9-7-8-10-21(19)28-24(20)25(3,29(22)23(30)5-2)17-11-13-18(26)14-12-17/h2,7-14,22,27-28H,4,6,15-16H2,1,3H3. The third-order valence-corrected chi connectivity index (χ3v) is 6.15. The number of H-pyrrole nitrogens is 1. The molecule has 2 unspecified atom stereocenters. The highest BCUT2D eigenvalue weighted by Gasteiger charge is 2.48. The number of carbonyl (C=O) groups excluding carboxylic acids is 1. The third kappa shape index (κ3) is 3.18. The van der Waals surface area contributed by atoms with Gasteiger partial charge in [-0.25, -0.2) is 4.39 Å². The fraction of sp³-hybridized carbons (Fsp3) is 0.320. The number of fused-ring (bicyclic) bond motifs is 3. The van der Waals surface area contributed by atoms with Crippen molar-refractivity contribution in [3.63, 3.8) is 0 Å². The van der Waals surface area contributed by atoms with Crippen LogP contribution in [0, 0.1) is 18.2 Å². The number of amides is 1. The molecule has 4 nitrogen and oxygen atoms in total. The molecule has 4 rings (SSSR count). The van der Waals surface area contributed by atoms with Crippen LogP contribution in [0.5, 0.6) is 0 Å². The van der Waals surface area contributed by atoms with Crippen molar-refractivity contribution >= 4 is 16.8 Å². The number of hydrogen-bond donors (Lipinski definition) is 2. The van der Waals surface area contributed by atoms with Crippen LogP contribution < -0.4 is 5.32 Å². The van der Waals surface area contributed by atoms with E-state index in [4.69, 9.17) is 6.42 Å². The summed E-state index contributed by atoms with van der Waals surface area (Å²) in [5.74, 6) is 1.61. The Labute approximate surface area is 176 Å². The predicted octanol–water partition coefficient (Wildman–Crippen LogP) is 4.30. The summed E-state index contributed by atoms with van der Waals surface area (Å²) in [6.07, 6.45) is 8.04. The summed E-state index contributed by atoms with van der Waals surface area (Å²) in [5.41, 5.74) is 3.04. The fourth-order valence-corrected chi connectivity index (χ4v) is 4.63. The van der Waals surface area contributed by atoms with E-state index in [2.05, 4.69) is 29.2 Å². The first-order chi connectivity index (χ1) is 14.5. The van der Waals surface area contributed by atoms with Crippen LogP contribution in [0.2, 0.25) is 0 Å². The Kier molecular flexibility index (Phi) is 5.36. The fourth-order valence-electron chi connectivity index (χ4n) is 4.63. The maximum atomic E-state index is 13.7. The molecule has 2 aromatic carbocycles. The molecule has 0 aliphatic carbocycles. The lowest BCUT2D eigenvalue weighted by atomic mass is 9.79. The number of benzene rings is 2. The molecule has 0 bridgehead atoms. The van der Waals surface area contributed by atoms with Gasteiger partial charge >= 0.3 is 5.91 Å². The summed E-state index contributed by atoms with van der Waals surface area (Å²) in [7, 11) is 0. The molecule has 5 heteroatoms. The molecular weight excluding hydrogens is 377 g/mol. The van der Waals surface area contributed by atoms with Crippen LogP contribution in [-0.2, 0) is 16.8 Å². The Morgan fingerprint density at radius 2 is 2.03 bits per heavy atom. The van der Waals surface area contributed by atoms with E-state index in [-0.39, 0.29) is 17.9 Å². The number of carbonyl (C=O) groups is 1. The lowest BCUT2D eigenvalue weighted by Gasteiger charge is -2.49. The monoisotopic (exact) mass is 403 g/mol. The molecule has 2 heterocycles. The van der Waals surface area contributed by atoms with Crippen molar-refractivity contribution in [1.82, 2.24) is 15.2 Å². The molecular formula is C25H26FN3O. The van der Waals surface area contributed by atoms with E-state index in [0.717, 1.165) is 47.1 Å². The zero-order valence-electron chi connectivity index (χ0n) is 17.3. The molecule has 2 atom stereocenters. The molecule has 1 aromatic heterocycles. The molecule has 1 amide bonds. The van der Waals surface area contributed by atoms with E-state index in [1.54, 1.807) is 17.0 Å². The summed E-state index contributed by atoms with van der Waals surface area (Å²) in [4.78, 5) is 18.3. The Morgan fingerprint density at radius 3 is 2.73 bits per heavy atom. The third-order valence-electron chi connectivity index (χ3n) is 6.15. The summed E-state index contributed by atoms with van der Waals surface area (Å²) in [6.45, 7) is 4.90. The van der Waals surface area contributed by atoms with Crippen LogP contribution in [0.1, 0.15) is 43.5 Å². The lowest BCUT2D eigenvalue weighted by Crippen LogP contribution is -2.62. The van der Waals surface area contributed by atoms with Crippen LogP contribution in [0.25, 0.3) is 10.9 Å². The Hall–Kier alpha value is -3.10. The van der Waals surface area contributed by atoms with E-state index in [1.807, 2.05) is 25.1 Å². The van der Waals surface area contributed by atoms with Crippen molar-refractivity contribution < 1.29 is 9.18 Å². The van der Waals surface area contributed by atoms with Crippen LogP contribution in [0.4, 0.5) is 4.39 Å². The van der Waals surface area contributed by atoms with Gasteiger partial charge in [-0.15, -0.1) is 6.42 Å². The highest BCUT2D eigenvalue weighted by atomic mass is 19.1. The smallest absolute Gasteiger partial charge is 0.300 e. The van der Waals surface area contributed by atoms with Crippen molar-refractivity contribution in [3.05, 3.63) is 71.2 Å². The van der Waals surface area contributed by atoms with Crippen molar-refractivity contribution in [2.45, 2.75) is 44.8 Å². The molecule has 0 spiro atoms. The highest BCUT2D eigenvalue weighted by molar-refractivity contribution is 5.95. The average molecular weight is 404 g/mol. The summed E-state index contributed by atoms with van der Waals surface area (Å²) >= 11 is 0. The molecule has 2 N–H and O–H groups in total. The van der Waals surface area contributed by atoms with E-state index >= 15 is 0 Å². The molecule has 1 aliphatic heterocycles. The van der Waals surface area contributed by atoms with Gasteiger partial charge in [0.05, 0.1) is 6.17 Å². The number of unbranched alkanes of at least 4 members (excludes halogenated alkanes) is 1. The topological polar surface area (TPSA) is 48.1 Å². The van der Waals surface area contributed by atoms with E-state index in [9.17, 15) is 9.18 Å². The molecule has 3 aromatic rings. The number of hydrogen-bond acceptors (Lipinski definition) is 2. The van der Waals surface area contributed by atoms with Gasteiger partial charge < -0.3 is 9.88 Å². The zero-order chi connectivity index (χ0) is 21.3. The zero-order valence-corrected chi connectivity index (χ0v) is 17.3. The molecule has 0 fully saturated rings. The molecule has 0 saturated heterocycles. The van der Waals surface area contributed by atoms with Gasteiger partial charge in [-0.1, -0.05) is 43.7 Å². The van der Waals surface area contributed by atoms with E-state index in [1.165, 1.54) is 12.1 Å². The van der Waals surface area contributed by atoms with Crippen LogP contribution in [0.3, 0.4) is 0 Å². The minimum atomic E-state index is -0.867. The number of aromatic amines is 1. The van der Waals surface area contributed by atoms with E-state index in [0.29, 0.717) is 6.42 Å². The summed E-state index contributed by atoms with van der Waals surface area (Å²) in [6, 6.07) is 14.4. The van der Waals surface area contributed by atoms with Gasteiger partial charge in [0.1, 0.15) is 11.4 Å². The molecule has 0 saturated carbocycles. The van der Waals surface area contributed by atoms with Crippen LogP contribution in [0.15, 0.2) is 48.5 Å². The van der Waals surface area contributed by atoms with Gasteiger partial charge in [-0.2, -0.15) is 0 Å². The van der Waals surface area contributed by atoms with Crippen molar-refractivity contribution in [1.29, 1.82) is 0 Å². The second kappa shape index (κ2) is 7.97. The normalized spacial score (nSPS) is 20.7. The van der Waals surface area contributed by atoms with Crippen molar-refractivity contribution in [2.75, 3.05) is 6.54 Å². The maximum absolute atomic E-state index is 13.7. The van der Waals surface area contributed by atoms with Gasteiger partial charge in [0.25, 0.3) is 0 Å². The Morgan fingerprint density at radius 1 is 1.30 bits per heavy atom. The minimum Gasteiger partial charge on any atom is -0.356 e. The first kappa shape index (κ1) is 20.2. The predicted molar refractivity (Wildman–Crippen MR) is 117 cm³/mol. The molecule has 0 radical (unpaired) electrons. The van der Waals surface area contributed by atoms with Gasteiger partial charge in [-0.3, -0.25) is 10.1 Å². The lowest BCUT2D eigenvalue weighted by molar-refractivity contribution is -0.135. The van der Waals surface area contributed by atoms with E-state index < -0.39 is 5.54 Å². The number of rotatable bonds is 5. The first-order valence-electron chi connectivity index (χ1n) is 10.4. The summed E-state index contributed by atoms with van der Waals surface area (Å²) in [5, 5.41) is 4.68. The van der Waals surface area contributed by atoms with Crippen molar-refractivity contribution in [2.24, 2.45) is 0 Å². The Bertz CT molecular complexity index is 1110. The number of terminal acetylenes is 1. The number of aromatic nitrogens is 1. The Balaban J connectivity index is 1.95. The van der Waals surface area contributed by atoms with Gasteiger partial charge in [0.2, 0.25) is 0 Å². The summed E-state index contributed by atoms with van der Waals surface area (Å²) < 4.78 is 13.7. The van der Waals surface area contributed by atoms with Crippen LogP contribution >= 0.6 is 0 Å². The quantitative estimate of drug-likeness (QED) is 0.493. The largest absolute Gasteiger partial charge is 0.356 e. The maximum Gasteiger partial charge on any atom is 0.300 e. The number of halogens is 1. The number of nitrogens with one attached hydrogen (secondary N) is 2. The van der Waals surface area contributed by atoms with Gasteiger partial charge in [0, 0.05) is 23.0 Å². The molecule has 1 aliphatic rings. The first-order valence-corrected chi connectivity index (χ1v) is 10.4. The van der Waals surface area contributed by atoms with Gasteiger partial charge in [0.15, 0.2) is 0 Å². The van der Waals surface area contributed by atoms with Crippen LogP contribution in [-0.4, -0.2) is 28.5 Å². The second-order valence-electron chi connectivity index (χ2n) is 7.95. The second-order valence-corrected chi connectivity index (χ2v) is 7.95. The van der Waals surface area contributed by atoms with Crippen molar-refractivity contribution in [3.8, 4) is 12.3 Å². The number of nitrogens with zero attached hydrogens (tertiary/aromatic N) is 1. The number of para-hydroxylation sites is 1. The molecule has 154 valence electrons. The minimum absolute atomic E-state index is 0.262. The molecule has 30 heavy (non-hydrogen) atoms. The van der Waals surface area contributed by atoms with Gasteiger partial charge in [-0.05, 0) is 55.1 Å². The highest BCUT2D eigenvalue weighted by Crippen LogP contribution is 2.44. The average Bonchev–Trinajstić information content (AvgIpc) is 3.13.